The van der Waals surface area contributed by atoms with Gasteiger partial charge in [-0.25, -0.2) is 0 Å². The number of para-hydroxylation sites is 4. The zero-order chi connectivity index (χ0) is 37.8. The van der Waals surface area contributed by atoms with E-state index in [0.29, 0.717) is 11.1 Å². The number of aromatic nitrogens is 3. The summed E-state index contributed by atoms with van der Waals surface area (Å²) in [5.74, 6) is 1.57. The predicted octanol–water partition coefficient (Wildman–Crippen LogP) is 11.7. The molecule has 3 aliphatic rings. The van der Waals surface area contributed by atoms with Crippen molar-refractivity contribution in [3.05, 3.63) is 191 Å². The minimum absolute atomic E-state index is 0.558. The Balaban J connectivity index is 1.21. The average Bonchev–Trinajstić information content (AvgIpc) is 3.74. The summed E-state index contributed by atoms with van der Waals surface area (Å²) in [6.07, 6.45) is 3.78. The van der Waals surface area contributed by atoms with Gasteiger partial charge < -0.3 is 14.2 Å². The van der Waals surface area contributed by atoms with E-state index in [1.807, 2.05) is 79.1 Å². The molecule has 1 aliphatic carbocycles. The SMILES string of the molecule is N#Cc1ccc2c(c1)c1cc(C#N)ccc1n2-c1cnc2c(c1)C1(c3ccccc3Sc3cccc(N4c5ccccc5Oc5ccccc54)c31)c1cccnc1-2. The molecule has 6 aromatic carbocycles. The molecule has 1 spiro atoms. The molecule has 5 heterocycles. The van der Waals surface area contributed by atoms with Crippen LogP contribution >= 0.6 is 11.8 Å². The molecule has 12 rings (SSSR count). The second-order valence-corrected chi connectivity index (χ2v) is 15.5. The van der Waals surface area contributed by atoms with Crippen LogP contribution in [0, 0.1) is 22.7 Å². The Morgan fingerprint density at radius 2 is 1.18 bits per heavy atom. The third-order valence-corrected chi connectivity index (χ3v) is 12.7. The molecule has 3 aromatic heterocycles. The highest BCUT2D eigenvalue weighted by atomic mass is 32.2. The van der Waals surface area contributed by atoms with Crippen LogP contribution < -0.4 is 9.64 Å². The first-order valence-corrected chi connectivity index (χ1v) is 19.4. The van der Waals surface area contributed by atoms with Crippen LogP contribution in [0.1, 0.15) is 33.4 Å². The zero-order valence-electron chi connectivity index (χ0n) is 30.0. The number of hydrogen-bond donors (Lipinski definition) is 0. The van der Waals surface area contributed by atoms with E-state index in [2.05, 4.69) is 100 Å². The lowest BCUT2D eigenvalue weighted by atomic mass is 9.67. The van der Waals surface area contributed by atoms with Crippen LogP contribution in [0.25, 0.3) is 38.9 Å². The van der Waals surface area contributed by atoms with Crippen molar-refractivity contribution in [2.45, 2.75) is 15.2 Å². The molecule has 1 unspecified atom stereocenters. The van der Waals surface area contributed by atoms with E-state index in [4.69, 9.17) is 14.7 Å². The van der Waals surface area contributed by atoms with E-state index in [9.17, 15) is 10.5 Å². The fourth-order valence-corrected chi connectivity index (χ4v) is 10.6. The molecule has 0 fully saturated rings. The Kier molecular flexibility index (Phi) is 6.49. The average molecular weight is 747 g/mol. The maximum atomic E-state index is 9.87. The number of nitriles is 2. The summed E-state index contributed by atoms with van der Waals surface area (Å²) >= 11 is 1.79. The van der Waals surface area contributed by atoms with Crippen LogP contribution in [0.2, 0.25) is 0 Å². The molecule has 2 aliphatic heterocycles. The molecule has 9 aromatic rings. The molecule has 0 saturated heterocycles. The lowest BCUT2D eigenvalue weighted by Gasteiger charge is -2.43. The molecule has 0 amide bonds. The van der Waals surface area contributed by atoms with E-state index in [1.54, 1.807) is 11.8 Å². The minimum atomic E-state index is -0.821. The summed E-state index contributed by atoms with van der Waals surface area (Å²) in [6.45, 7) is 0. The third-order valence-electron chi connectivity index (χ3n) is 11.6. The standard InChI is InChI=1S/C49H26N6OS/c50-26-29-18-20-37-32(23-29)33-24-30(27-51)19-21-38(33)54(37)31-25-36-48(53-28-31)47-35(10-8-22-52-47)49(36)34-9-1-6-16-44(34)57-45-17-7-13-41(46(45)49)55-39-11-2-4-14-42(39)56-43-15-5-3-12-40(43)55/h1-25,28H. The van der Waals surface area contributed by atoms with Gasteiger partial charge in [0.25, 0.3) is 0 Å². The number of pyridine rings is 2. The molecule has 0 N–H and O–H groups in total. The van der Waals surface area contributed by atoms with Crippen molar-refractivity contribution in [3.63, 3.8) is 0 Å². The van der Waals surface area contributed by atoms with Gasteiger partial charge in [0.05, 0.1) is 80.0 Å². The molecule has 264 valence electrons. The normalized spacial score (nSPS) is 15.4. The number of benzene rings is 6. The maximum Gasteiger partial charge on any atom is 0.151 e. The van der Waals surface area contributed by atoms with Crippen LogP contribution in [0.3, 0.4) is 0 Å². The Labute approximate surface area is 331 Å². The van der Waals surface area contributed by atoms with Crippen molar-refractivity contribution in [1.82, 2.24) is 14.5 Å². The molecule has 0 radical (unpaired) electrons. The molecule has 1 atom stereocenters. The van der Waals surface area contributed by atoms with Gasteiger partial charge in [0, 0.05) is 37.9 Å². The van der Waals surface area contributed by atoms with Crippen molar-refractivity contribution < 1.29 is 4.74 Å². The number of anilines is 3. The number of nitrogens with zero attached hydrogens (tertiary/aromatic N) is 6. The Bertz CT molecular complexity index is 3200. The molecular weight excluding hydrogens is 721 g/mol. The van der Waals surface area contributed by atoms with E-state index in [-0.39, 0.29) is 0 Å². The molecular formula is C49H26N6OS. The van der Waals surface area contributed by atoms with Crippen molar-refractivity contribution in [3.8, 4) is 40.7 Å². The first-order valence-electron chi connectivity index (χ1n) is 18.6. The Morgan fingerprint density at radius 1 is 0.561 bits per heavy atom. The van der Waals surface area contributed by atoms with Gasteiger partial charge in [-0.2, -0.15) is 10.5 Å². The van der Waals surface area contributed by atoms with Gasteiger partial charge in [0.1, 0.15) is 0 Å². The molecule has 8 heteroatoms. The van der Waals surface area contributed by atoms with Gasteiger partial charge in [-0.3, -0.25) is 9.97 Å². The fraction of sp³-hybridized carbons (Fsp3) is 0.0204. The molecule has 7 nitrogen and oxygen atoms in total. The Hall–Kier alpha value is -7.65. The van der Waals surface area contributed by atoms with Crippen molar-refractivity contribution >= 4 is 50.6 Å². The summed E-state index contributed by atoms with van der Waals surface area (Å²) in [6, 6.07) is 54.4. The highest BCUT2D eigenvalue weighted by Gasteiger charge is 2.53. The Morgan fingerprint density at radius 3 is 1.89 bits per heavy atom. The maximum absolute atomic E-state index is 9.87. The molecule has 57 heavy (non-hydrogen) atoms. The van der Waals surface area contributed by atoms with Gasteiger partial charge in [-0.1, -0.05) is 66.4 Å². The number of hydrogen-bond acceptors (Lipinski definition) is 7. The quantitative estimate of drug-likeness (QED) is 0.174. The zero-order valence-corrected chi connectivity index (χ0v) is 30.8. The lowest BCUT2D eigenvalue weighted by Crippen LogP contribution is -2.34. The minimum Gasteiger partial charge on any atom is -0.453 e. The highest BCUT2D eigenvalue weighted by molar-refractivity contribution is 7.99. The third kappa shape index (κ3) is 4.20. The van der Waals surface area contributed by atoms with Crippen LogP contribution in [-0.4, -0.2) is 14.5 Å². The summed E-state index contributed by atoms with van der Waals surface area (Å²) in [7, 11) is 0. The van der Waals surface area contributed by atoms with Crippen LogP contribution in [0.4, 0.5) is 17.1 Å². The van der Waals surface area contributed by atoms with Gasteiger partial charge in [0.2, 0.25) is 0 Å². The summed E-state index contributed by atoms with van der Waals surface area (Å²) in [5, 5.41) is 21.6. The van der Waals surface area contributed by atoms with Gasteiger partial charge in [-0.15, -0.1) is 0 Å². The van der Waals surface area contributed by atoms with Crippen molar-refractivity contribution in [2.24, 2.45) is 0 Å². The van der Waals surface area contributed by atoms with E-state index < -0.39 is 5.41 Å². The first-order chi connectivity index (χ1) is 28.2. The van der Waals surface area contributed by atoms with Crippen LogP contribution in [-0.2, 0) is 5.41 Å². The smallest absolute Gasteiger partial charge is 0.151 e. The fourth-order valence-electron chi connectivity index (χ4n) is 9.34. The second-order valence-electron chi connectivity index (χ2n) is 14.4. The molecule has 0 bridgehead atoms. The van der Waals surface area contributed by atoms with Gasteiger partial charge >= 0.3 is 0 Å². The van der Waals surface area contributed by atoms with E-state index >= 15 is 0 Å². The summed E-state index contributed by atoms with van der Waals surface area (Å²) in [5.41, 5.74) is 12.1. The topological polar surface area (TPSA) is 90.8 Å². The van der Waals surface area contributed by atoms with Gasteiger partial charge in [-0.05, 0) is 102 Å². The predicted molar refractivity (Wildman–Crippen MR) is 222 cm³/mol. The highest BCUT2D eigenvalue weighted by Crippen LogP contribution is 2.65. The number of rotatable bonds is 2. The first kappa shape index (κ1) is 31.7. The summed E-state index contributed by atoms with van der Waals surface area (Å²) in [4.78, 5) is 15.1. The van der Waals surface area contributed by atoms with Crippen LogP contribution in [0.15, 0.2) is 168 Å². The largest absolute Gasteiger partial charge is 0.453 e. The van der Waals surface area contributed by atoms with E-state index in [1.165, 1.54) is 4.90 Å². The van der Waals surface area contributed by atoms with Crippen molar-refractivity contribution in [2.75, 3.05) is 4.90 Å². The number of fused-ring (bicyclic) bond motifs is 14. The van der Waals surface area contributed by atoms with Gasteiger partial charge in [0.15, 0.2) is 11.5 Å². The monoisotopic (exact) mass is 746 g/mol. The summed E-state index contributed by atoms with van der Waals surface area (Å²) < 4.78 is 8.71. The van der Waals surface area contributed by atoms with E-state index in [0.717, 1.165) is 94.6 Å². The van der Waals surface area contributed by atoms with Crippen LogP contribution in [0.5, 0.6) is 11.5 Å². The lowest BCUT2D eigenvalue weighted by molar-refractivity contribution is 0.476. The molecule has 0 saturated carbocycles. The number of ether oxygens (including phenoxy) is 1. The van der Waals surface area contributed by atoms with Crippen molar-refractivity contribution in [1.29, 1.82) is 10.5 Å². The second kappa shape index (κ2) is 11.7.